The molecule has 0 saturated carbocycles. The first-order chi connectivity index (χ1) is 9.34. The maximum Gasteiger partial charge on any atom is 0.311 e. The van der Waals surface area contributed by atoms with E-state index >= 15 is 0 Å². The van der Waals surface area contributed by atoms with Crippen LogP contribution in [0.3, 0.4) is 0 Å². The number of benzene rings is 1. The van der Waals surface area contributed by atoms with Gasteiger partial charge >= 0.3 is 5.69 Å². The first-order valence-electron chi connectivity index (χ1n) is 6.29. The van der Waals surface area contributed by atoms with E-state index in [0.29, 0.717) is 19.1 Å². The number of nitrogens with one attached hydrogen (secondary N) is 1. The molecular weight excluding hydrogens is 262 g/mol. The number of aromatic hydroxyl groups is 1. The Morgan fingerprint density at radius 1 is 1.50 bits per heavy atom. The second-order valence-corrected chi connectivity index (χ2v) is 4.76. The number of rotatable bonds is 6. The maximum absolute atomic E-state index is 11.9. The molecule has 1 aromatic carbocycles. The van der Waals surface area contributed by atoms with Gasteiger partial charge in [-0.1, -0.05) is 6.07 Å². The van der Waals surface area contributed by atoms with Crippen LogP contribution in [0, 0.1) is 10.1 Å². The summed E-state index contributed by atoms with van der Waals surface area (Å²) in [5.74, 6) is -1.13. The molecule has 0 bridgehead atoms. The Hall–Kier alpha value is -2.15. The number of nitrogens with zero attached hydrogens (tertiary/aromatic N) is 2. The van der Waals surface area contributed by atoms with Crippen molar-refractivity contribution in [3.05, 3.63) is 33.9 Å². The van der Waals surface area contributed by atoms with Gasteiger partial charge in [0.15, 0.2) is 0 Å². The number of carbonyl (C=O) groups excluding carboxylic acids is 1. The van der Waals surface area contributed by atoms with Crippen molar-refractivity contribution in [2.75, 3.05) is 20.1 Å². The quantitative estimate of drug-likeness (QED) is 0.606. The van der Waals surface area contributed by atoms with Crippen molar-refractivity contribution < 1.29 is 14.8 Å². The lowest BCUT2D eigenvalue weighted by atomic mass is 10.1. The molecule has 0 aromatic heterocycles. The zero-order valence-corrected chi connectivity index (χ0v) is 11.8. The molecule has 20 heavy (non-hydrogen) atoms. The van der Waals surface area contributed by atoms with E-state index in [2.05, 4.69) is 5.32 Å². The van der Waals surface area contributed by atoms with Crippen molar-refractivity contribution >= 4 is 11.6 Å². The molecule has 1 aromatic rings. The van der Waals surface area contributed by atoms with Crippen molar-refractivity contribution in [1.82, 2.24) is 10.2 Å². The van der Waals surface area contributed by atoms with Crippen LogP contribution in [0.25, 0.3) is 0 Å². The fraction of sp³-hybridized carbons (Fsp3) is 0.462. The van der Waals surface area contributed by atoms with Gasteiger partial charge < -0.3 is 15.3 Å². The Balaban J connectivity index is 2.69. The van der Waals surface area contributed by atoms with E-state index in [4.69, 9.17) is 0 Å². The molecule has 0 fully saturated rings. The van der Waals surface area contributed by atoms with Crippen LogP contribution in [0.2, 0.25) is 0 Å². The molecule has 0 radical (unpaired) electrons. The number of phenols is 1. The van der Waals surface area contributed by atoms with Crippen molar-refractivity contribution in [2.24, 2.45) is 0 Å². The van der Waals surface area contributed by atoms with Gasteiger partial charge in [-0.25, -0.2) is 0 Å². The minimum Gasteiger partial charge on any atom is -0.502 e. The van der Waals surface area contributed by atoms with Gasteiger partial charge in [0.25, 0.3) is 5.91 Å². The zero-order valence-electron chi connectivity index (χ0n) is 11.8. The third-order valence-corrected chi connectivity index (χ3v) is 3.09. The molecule has 1 rings (SSSR count). The van der Waals surface area contributed by atoms with E-state index in [1.165, 1.54) is 12.1 Å². The molecule has 1 amide bonds. The molecule has 110 valence electrons. The molecule has 2 N–H and O–H groups in total. The highest BCUT2D eigenvalue weighted by Crippen LogP contribution is 2.28. The Bertz CT molecular complexity index is 502. The number of phenolic OH excluding ortho intramolecular Hbond substituents is 1. The predicted octanol–water partition coefficient (Wildman–Crippen LogP) is 1.37. The number of amides is 1. The summed E-state index contributed by atoms with van der Waals surface area (Å²) >= 11 is 0. The van der Waals surface area contributed by atoms with Crippen molar-refractivity contribution in [3.8, 4) is 5.75 Å². The summed E-state index contributed by atoms with van der Waals surface area (Å²) < 4.78 is 0. The fourth-order valence-corrected chi connectivity index (χ4v) is 1.56. The largest absolute Gasteiger partial charge is 0.502 e. The van der Waals surface area contributed by atoms with E-state index in [1.807, 2.05) is 25.8 Å². The number of nitro benzene ring substituents is 1. The van der Waals surface area contributed by atoms with Gasteiger partial charge in [0, 0.05) is 25.2 Å². The Morgan fingerprint density at radius 3 is 2.70 bits per heavy atom. The van der Waals surface area contributed by atoms with Crippen LogP contribution in [0.15, 0.2) is 18.2 Å². The number of para-hydroxylation sites is 1. The van der Waals surface area contributed by atoms with Crippen molar-refractivity contribution in [3.63, 3.8) is 0 Å². The average molecular weight is 281 g/mol. The lowest BCUT2D eigenvalue weighted by molar-refractivity contribution is -0.385. The van der Waals surface area contributed by atoms with Crippen LogP contribution in [-0.2, 0) is 0 Å². The topological polar surface area (TPSA) is 95.7 Å². The maximum atomic E-state index is 11.9. The lowest BCUT2D eigenvalue weighted by Gasteiger charge is -2.20. The highest BCUT2D eigenvalue weighted by atomic mass is 16.6. The molecule has 0 unspecified atom stereocenters. The smallest absolute Gasteiger partial charge is 0.311 e. The van der Waals surface area contributed by atoms with Crippen LogP contribution < -0.4 is 5.32 Å². The fourth-order valence-electron chi connectivity index (χ4n) is 1.56. The highest BCUT2D eigenvalue weighted by Gasteiger charge is 2.20. The SMILES string of the molecule is CC(C)N(C)CCNC(=O)c1cccc([N+](=O)[O-])c1O. The van der Waals surface area contributed by atoms with E-state index < -0.39 is 22.3 Å². The molecule has 0 saturated heterocycles. The minimum atomic E-state index is -0.724. The third-order valence-electron chi connectivity index (χ3n) is 3.09. The molecule has 0 aliphatic rings. The summed E-state index contributed by atoms with van der Waals surface area (Å²) in [5, 5.41) is 23.0. The first kappa shape index (κ1) is 15.9. The summed E-state index contributed by atoms with van der Waals surface area (Å²) in [4.78, 5) is 23.9. The standard InChI is InChI=1S/C13H19N3O4/c1-9(2)15(3)8-7-14-13(18)10-5-4-6-11(12(10)17)16(19)20/h4-6,9,17H,7-8H2,1-3H3,(H,14,18). The van der Waals surface area contributed by atoms with Crippen LogP contribution in [0.4, 0.5) is 5.69 Å². The van der Waals surface area contributed by atoms with Gasteiger partial charge in [-0.05, 0) is 27.0 Å². The third kappa shape index (κ3) is 3.92. The first-order valence-corrected chi connectivity index (χ1v) is 6.29. The normalized spacial score (nSPS) is 10.8. The number of carbonyl (C=O) groups is 1. The van der Waals surface area contributed by atoms with Gasteiger partial charge in [-0.2, -0.15) is 0 Å². The van der Waals surface area contributed by atoms with Gasteiger partial charge in [-0.15, -0.1) is 0 Å². The number of likely N-dealkylation sites (N-methyl/N-ethyl adjacent to an activating group) is 1. The van der Waals surface area contributed by atoms with Crippen LogP contribution in [0.5, 0.6) is 5.75 Å². The van der Waals surface area contributed by atoms with E-state index in [9.17, 15) is 20.0 Å². The van der Waals surface area contributed by atoms with Crippen molar-refractivity contribution in [2.45, 2.75) is 19.9 Å². The molecule has 0 spiro atoms. The van der Waals surface area contributed by atoms with Gasteiger partial charge in [-0.3, -0.25) is 14.9 Å². The Kier molecular flexibility index (Phi) is 5.45. The van der Waals surface area contributed by atoms with Crippen LogP contribution >= 0.6 is 0 Å². The molecular formula is C13H19N3O4. The average Bonchev–Trinajstić information content (AvgIpc) is 2.38. The minimum absolute atomic E-state index is 0.0913. The Labute approximate surface area is 117 Å². The lowest BCUT2D eigenvalue weighted by Crippen LogP contribution is -2.36. The molecule has 0 aliphatic heterocycles. The molecule has 7 heteroatoms. The summed E-state index contributed by atoms with van der Waals surface area (Å²) in [6.45, 7) is 5.12. The van der Waals surface area contributed by atoms with E-state index in [0.717, 1.165) is 6.07 Å². The predicted molar refractivity (Wildman–Crippen MR) is 74.9 cm³/mol. The van der Waals surface area contributed by atoms with E-state index in [1.54, 1.807) is 0 Å². The number of nitro groups is 1. The highest BCUT2D eigenvalue weighted by molar-refractivity contribution is 5.98. The Morgan fingerprint density at radius 2 is 2.15 bits per heavy atom. The van der Waals surface area contributed by atoms with Crippen molar-refractivity contribution in [1.29, 1.82) is 0 Å². The molecule has 0 heterocycles. The molecule has 0 aliphatic carbocycles. The summed E-state index contributed by atoms with van der Waals surface area (Å²) in [5.41, 5.74) is -0.566. The summed E-state index contributed by atoms with van der Waals surface area (Å²) in [7, 11) is 1.93. The number of hydrogen-bond acceptors (Lipinski definition) is 5. The van der Waals surface area contributed by atoms with Gasteiger partial charge in [0.05, 0.1) is 10.5 Å². The second kappa shape index (κ2) is 6.85. The summed E-state index contributed by atoms with van der Waals surface area (Å²) in [6.07, 6.45) is 0. The van der Waals surface area contributed by atoms with Crippen LogP contribution in [0.1, 0.15) is 24.2 Å². The molecule has 0 atom stereocenters. The van der Waals surface area contributed by atoms with Gasteiger partial charge in [0.2, 0.25) is 5.75 Å². The van der Waals surface area contributed by atoms with E-state index in [-0.39, 0.29) is 5.56 Å². The number of hydrogen-bond donors (Lipinski definition) is 2. The van der Waals surface area contributed by atoms with Gasteiger partial charge in [0.1, 0.15) is 0 Å². The zero-order chi connectivity index (χ0) is 15.3. The van der Waals surface area contributed by atoms with Crippen LogP contribution in [-0.4, -0.2) is 47.0 Å². The second-order valence-electron chi connectivity index (χ2n) is 4.76. The summed E-state index contributed by atoms with van der Waals surface area (Å²) in [6, 6.07) is 4.23. The monoisotopic (exact) mass is 281 g/mol. The molecule has 7 nitrogen and oxygen atoms in total.